The SMILES string of the molecule is NC(=O)c1cc(N2CCOCC2)n2nc(-c3ccncc3)cc2n1. The molecule has 24 heavy (non-hydrogen) atoms. The summed E-state index contributed by atoms with van der Waals surface area (Å²) in [7, 11) is 0. The van der Waals surface area contributed by atoms with Crippen LogP contribution in [0.25, 0.3) is 16.9 Å². The summed E-state index contributed by atoms with van der Waals surface area (Å²) < 4.78 is 7.14. The van der Waals surface area contributed by atoms with Crippen LogP contribution in [0.3, 0.4) is 0 Å². The Morgan fingerprint density at radius 3 is 2.62 bits per heavy atom. The average molecular weight is 324 g/mol. The van der Waals surface area contributed by atoms with Crippen LogP contribution in [0.5, 0.6) is 0 Å². The van der Waals surface area contributed by atoms with E-state index >= 15 is 0 Å². The number of ether oxygens (including phenoxy) is 1. The molecular formula is C16H16N6O2. The van der Waals surface area contributed by atoms with E-state index < -0.39 is 5.91 Å². The molecule has 0 unspecified atom stereocenters. The van der Waals surface area contributed by atoms with Gasteiger partial charge in [0.05, 0.1) is 18.9 Å². The average Bonchev–Trinajstić information content (AvgIpc) is 3.06. The Morgan fingerprint density at radius 2 is 1.92 bits per heavy atom. The highest BCUT2D eigenvalue weighted by molar-refractivity contribution is 5.92. The normalized spacial score (nSPS) is 14.9. The summed E-state index contributed by atoms with van der Waals surface area (Å²) in [5.41, 5.74) is 7.95. The number of fused-ring (bicyclic) bond motifs is 1. The summed E-state index contributed by atoms with van der Waals surface area (Å²) in [5.74, 6) is 0.232. The minimum atomic E-state index is -0.557. The summed E-state index contributed by atoms with van der Waals surface area (Å²) in [6.45, 7) is 2.71. The number of rotatable bonds is 3. The number of aromatic nitrogens is 4. The van der Waals surface area contributed by atoms with Gasteiger partial charge in [-0.15, -0.1) is 0 Å². The van der Waals surface area contributed by atoms with Gasteiger partial charge in [0.25, 0.3) is 5.91 Å². The zero-order valence-electron chi connectivity index (χ0n) is 12.9. The van der Waals surface area contributed by atoms with E-state index in [1.54, 1.807) is 23.0 Å². The van der Waals surface area contributed by atoms with Gasteiger partial charge in [-0.05, 0) is 12.1 Å². The number of primary amides is 1. The molecule has 8 heteroatoms. The summed E-state index contributed by atoms with van der Waals surface area (Å²) >= 11 is 0. The molecule has 0 bridgehead atoms. The Kier molecular flexibility index (Phi) is 3.58. The van der Waals surface area contributed by atoms with Gasteiger partial charge in [0.1, 0.15) is 11.5 Å². The van der Waals surface area contributed by atoms with E-state index in [4.69, 9.17) is 10.5 Å². The molecule has 122 valence electrons. The minimum Gasteiger partial charge on any atom is -0.378 e. The number of nitrogens with zero attached hydrogens (tertiary/aromatic N) is 5. The maximum Gasteiger partial charge on any atom is 0.267 e. The van der Waals surface area contributed by atoms with Crippen molar-refractivity contribution in [1.82, 2.24) is 19.6 Å². The third-order valence-corrected chi connectivity index (χ3v) is 3.97. The molecule has 0 spiro atoms. The highest BCUT2D eigenvalue weighted by Gasteiger charge is 2.19. The molecule has 0 radical (unpaired) electrons. The Balaban J connectivity index is 1.88. The van der Waals surface area contributed by atoms with E-state index in [9.17, 15) is 4.79 Å². The minimum absolute atomic E-state index is 0.227. The largest absolute Gasteiger partial charge is 0.378 e. The van der Waals surface area contributed by atoms with Crippen molar-refractivity contribution in [3.05, 3.63) is 42.4 Å². The maximum atomic E-state index is 11.6. The molecule has 0 aliphatic carbocycles. The Hall–Kier alpha value is -3.00. The van der Waals surface area contributed by atoms with Gasteiger partial charge in [0.2, 0.25) is 0 Å². The zero-order valence-corrected chi connectivity index (χ0v) is 12.9. The fraction of sp³-hybridized carbons (Fsp3) is 0.250. The molecule has 1 fully saturated rings. The molecule has 0 atom stereocenters. The van der Waals surface area contributed by atoms with Crippen molar-refractivity contribution in [2.45, 2.75) is 0 Å². The van der Waals surface area contributed by atoms with E-state index in [2.05, 4.69) is 20.0 Å². The summed E-state index contributed by atoms with van der Waals surface area (Å²) in [6, 6.07) is 7.28. The van der Waals surface area contributed by atoms with Gasteiger partial charge in [0.15, 0.2) is 5.65 Å². The van der Waals surface area contributed by atoms with Crippen LogP contribution in [-0.2, 0) is 4.74 Å². The van der Waals surface area contributed by atoms with Crippen LogP contribution >= 0.6 is 0 Å². The number of pyridine rings is 1. The first-order valence-electron chi connectivity index (χ1n) is 7.66. The van der Waals surface area contributed by atoms with Crippen molar-refractivity contribution in [1.29, 1.82) is 0 Å². The molecule has 3 aromatic heterocycles. The molecule has 4 rings (SSSR count). The fourth-order valence-electron chi connectivity index (χ4n) is 2.77. The second-order valence-electron chi connectivity index (χ2n) is 5.50. The van der Waals surface area contributed by atoms with E-state index in [1.807, 2.05) is 18.2 Å². The lowest BCUT2D eigenvalue weighted by atomic mass is 10.2. The van der Waals surface area contributed by atoms with Crippen LogP contribution in [-0.4, -0.2) is 51.8 Å². The molecule has 1 saturated heterocycles. The molecule has 8 nitrogen and oxygen atoms in total. The van der Waals surface area contributed by atoms with Crippen LogP contribution < -0.4 is 10.6 Å². The van der Waals surface area contributed by atoms with E-state index in [1.165, 1.54) is 0 Å². The molecule has 1 amide bonds. The fourth-order valence-corrected chi connectivity index (χ4v) is 2.77. The molecule has 2 N–H and O–H groups in total. The highest BCUT2D eigenvalue weighted by atomic mass is 16.5. The van der Waals surface area contributed by atoms with E-state index in [0.717, 1.165) is 30.2 Å². The van der Waals surface area contributed by atoms with Gasteiger partial charge in [0, 0.05) is 43.2 Å². The molecule has 0 aromatic carbocycles. The van der Waals surface area contributed by atoms with Gasteiger partial charge in [-0.3, -0.25) is 9.78 Å². The van der Waals surface area contributed by atoms with Crippen LogP contribution in [0.2, 0.25) is 0 Å². The van der Waals surface area contributed by atoms with Crippen molar-refractivity contribution < 1.29 is 9.53 Å². The van der Waals surface area contributed by atoms with Crippen molar-refractivity contribution >= 4 is 17.4 Å². The van der Waals surface area contributed by atoms with E-state index in [0.29, 0.717) is 18.9 Å². The second-order valence-corrected chi connectivity index (χ2v) is 5.50. The van der Waals surface area contributed by atoms with Crippen LogP contribution in [0.1, 0.15) is 10.5 Å². The number of hydrogen-bond donors (Lipinski definition) is 1. The van der Waals surface area contributed by atoms with Gasteiger partial charge in [-0.2, -0.15) is 9.61 Å². The van der Waals surface area contributed by atoms with Crippen molar-refractivity contribution in [2.24, 2.45) is 5.73 Å². The first-order chi connectivity index (χ1) is 11.7. The van der Waals surface area contributed by atoms with Crippen molar-refractivity contribution in [3.63, 3.8) is 0 Å². The Bertz CT molecular complexity index is 886. The Labute approximate surface area is 137 Å². The predicted octanol–water partition coefficient (Wildman–Crippen LogP) is 0.727. The third-order valence-electron chi connectivity index (χ3n) is 3.97. The summed E-state index contributed by atoms with van der Waals surface area (Å²) in [5, 5.41) is 4.65. The summed E-state index contributed by atoms with van der Waals surface area (Å²) in [4.78, 5) is 22.1. The number of hydrogen-bond acceptors (Lipinski definition) is 6. The standard InChI is InChI=1S/C16H16N6O2/c17-16(23)13-10-15(21-5-7-24-8-6-21)22-14(19-13)9-12(20-22)11-1-3-18-4-2-11/h1-4,9-10H,5-8H2,(H2,17,23). The maximum absolute atomic E-state index is 11.6. The number of carbonyl (C=O) groups is 1. The monoisotopic (exact) mass is 324 g/mol. The van der Waals surface area contributed by atoms with Crippen molar-refractivity contribution in [3.8, 4) is 11.3 Å². The number of amides is 1. The number of carbonyl (C=O) groups excluding carboxylic acids is 1. The first-order valence-corrected chi connectivity index (χ1v) is 7.66. The smallest absolute Gasteiger partial charge is 0.267 e. The lowest BCUT2D eigenvalue weighted by Gasteiger charge is -2.28. The van der Waals surface area contributed by atoms with Crippen molar-refractivity contribution in [2.75, 3.05) is 31.2 Å². The highest BCUT2D eigenvalue weighted by Crippen LogP contribution is 2.23. The quantitative estimate of drug-likeness (QED) is 0.762. The van der Waals surface area contributed by atoms with Crippen LogP contribution in [0.4, 0.5) is 5.82 Å². The molecule has 3 aromatic rings. The van der Waals surface area contributed by atoms with Crippen LogP contribution in [0, 0.1) is 0 Å². The van der Waals surface area contributed by atoms with Gasteiger partial charge >= 0.3 is 0 Å². The molecule has 0 saturated carbocycles. The Morgan fingerprint density at radius 1 is 1.17 bits per heavy atom. The number of morpholine rings is 1. The molecule has 1 aliphatic rings. The first kappa shape index (κ1) is 14.6. The number of anilines is 1. The van der Waals surface area contributed by atoms with Crippen LogP contribution in [0.15, 0.2) is 36.7 Å². The van der Waals surface area contributed by atoms with Gasteiger partial charge < -0.3 is 15.4 Å². The lowest BCUT2D eigenvalue weighted by Crippen LogP contribution is -2.37. The molecular weight excluding hydrogens is 308 g/mol. The molecule has 4 heterocycles. The predicted molar refractivity (Wildman–Crippen MR) is 87.8 cm³/mol. The third kappa shape index (κ3) is 2.56. The number of nitrogens with two attached hydrogens (primary N) is 1. The molecule has 1 aliphatic heterocycles. The van der Waals surface area contributed by atoms with E-state index in [-0.39, 0.29) is 5.69 Å². The summed E-state index contributed by atoms with van der Waals surface area (Å²) in [6.07, 6.45) is 3.43. The second kappa shape index (κ2) is 5.89. The topological polar surface area (TPSA) is 98.6 Å². The van der Waals surface area contributed by atoms with Gasteiger partial charge in [-0.25, -0.2) is 4.98 Å². The van der Waals surface area contributed by atoms with Gasteiger partial charge in [-0.1, -0.05) is 0 Å². The lowest BCUT2D eigenvalue weighted by molar-refractivity contribution is 0.0995. The zero-order chi connectivity index (χ0) is 16.5.